The fourth-order valence-electron chi connectivity index (χ4n) is 2.66. The van der Waals surface area contributed by atoms with Crippen LogP contribution in [0.1, 0.15) is 34.1 Å². The van der Waals surface area contributed by atoms with Crippen molar-refractivity contribution in [3.63, 3.8) is 0 Å². The zero-order valence-corrected chi connectivity index (χ0v) is 15.4. The van der Waals surface area contributed by atoms with Crippen LogP contribution in [0.2, 0.25) is 0 Å². The summed E-state index contributed by atoms with van der Waals surface area (Å²) in [7, 11) is 4.00. The molecule has 0 bridgehead atoms. The van der Waals surface area contributed by atoms with Crippen LogP contribution < -0.4 is 4.90 Å². The summed E-state index contributed by atoms with van der Waals surface area (Å²) < 4.78 is 0. The highest BCUT2D eigenvalue weighted by Crippen LogP contribution is 2.26. The first-order chi connectivity index (χ1) is 11.8. The van der Waals surface area contributed by atoms with E-state index in [1.165, 1.54) is 6.20 Å². The molecule has 1 atom stereocenters. The molecule has 5 heteroatoms. The van der Waals surface area contributed by atoms with Gasteiger partial charge in [0.1, 0.15) is 11.8 Å². The maximum Gasteiger partial charge on any atom is 0.276 e. The van der Waals surface area contributed by atoms with Crippen molar-refractivity contribution in [1.29, 1.82) is 5.26 Å². The third kappa shape index (κ3) is 4.23. The van der Waals surface area contributed by atoms with Crippen LogP contribution in [-0.2, 0) is 0 Å². The van der Waals surface area contributed by atoms with Crippen LogP contribution in [-0.4, -0.2) is 42.5 Å². The second-order valence-corrected chi connectivity index (χ2v) is 6.51. The molecular weight excluding hydrogens is 312 g/mol. The summed E-state index contributed by atoms with van der Waals surface area (Å²) in [6, 6.07) is 11.5. The molecule has 1 unspecified atom stereocenters. The molecule has 130 valence electrons. The summed E-state index contributed by atoms with van der Waals surface area (Å²) in [5, 5.41) is 8.92. The van der Waals surface area contributed by atoms with Crippen molar-refractivity contribution in [2.75, 3.05) is 25.5 Å². The SMILES string of the molecule is Cc1cccc(C)c1N(CC(C)N(C)C)C(=O)c1ccc(C#N)cn1. The molecule has 1 amide bonds. The van der Waals surface area contributed by atoms with Gasteiger partial charge in [0.05, 0.1) is 5.56 Å². The normalized spacial score (nSPS) is 11.9. The quantitative estimate of drug-likeness (QED) is 0.841. The van der Waals surface area contributed by atoms with E-state index in [4.69, 9.17) is 5.26 Å². The summed E-state index contributed by atoms with van der Waals surface area (Å²) in [4.78, 5) is 21.2. The Morgan fingerprint density at radius 3 is 2.32 bits per heavy atom. The number of carbonyl (C=O) groups is 1. The van der Waals surface area contributed by atoms with E-state index >= 15 is 0 Å². The Hall–Kier alpha value is -2.71. The van der Waals surface area contributed by atoms with E-state index in [0.717, 1.165) is 16.8 Å². The molecule has 0 aliphatic carbocycles. The van der Waals surface area contributed by atoms with E-state index in [1.807, 2.05) is 52.2 Å². The Labute approximate surface area is 149 Å². The Morgan fingerprint density at radius 2 is 1.84 bits per heavy atom. The van der Waals surface area contributed by atoms with Crippen LogP contribution in [0.4, 0.5) is 5.69 Å². The molecular formula is C20H24N4O. The molecule has 0 aliphatic rings. The van der Waals surface area contributed by atoms with E-state index < -0.39 is 0 Å². The summed E-state index contributed by atoms with van der Waals surface area (Å²) >= 11 is 0. The van der Waals surface area contributed by atoms with Gasteiger partial charge in [-0.3, -0.25) is 4.79 Å². The lowest BCUT2D eigenvalue weighted by Gasteiger charge is -2.31. The second-order valence-electron chi connectivity index (χ2n) is 6.51. The number of aryl methyl sites for hydroxylation is 2. The van der Waals surface area contributed by atoms with Gasteiger partial charge >= 0.3 is 0 Å². The minimum Gasteiger partial charge on any atom is -0.305 e. The van der Waals surface area contributed by atoms with Gasteiger partial charge < -0.3 is 9.80 Å². The van der Waals surface area contributed by atoms with Crippen molar-refractivity contribution in [3.8, 4) is 6.07 Å². The summed E-state index contributed by atoms with van der Waals surface area (Å²) in [6.45, 7) is 6.66. The number of hydrogen-bond acceptors (Lipinski definition) is 4. The molecule has 0 fully saturated rings. The number of carbonyl (C=O) groups excluding carboxylic acids is 1. The number of para-hydroxylation sites is 1. The molecule has 0 saturated carbocycles. The fourth-order valence-corrected chi connectivity index (χ4v) is 2.66. The van der Waals surface area contributed by atoms with Gasteiger partial charge in [-0.05, 0) is 58.1 Å². The molecule has 2 rings (SSSR count). The topological polar surface area (TPSA) is 60.2 Å². The maximum atomic E-state index is 13.2. The highest BCUT2D eigenvalue weighted by Gasteiger charge is 2.24. The molecule has 1 heterocycles. The number of amides is 1. The highest BCUT2D eigenvalue weighted by molar-refractivity contribution is 6.05. The molecule has 0 saturated heterocycles. The van der Waals surface area contributed by atoms with Crippen molar-refractivity contribution in [2.24, 2.45) is 0 Å². The summed E-state index contributed by atoms with van der Waals surface area (Å²) in [5.41, 5.74) is 3.80. The Morgan fingerprint density at radius 1 is 1.20 bits per heavy atom. The number of pyridine rings is 1. The fraction of sp³-hybridized carbons (Fsp3) is 0.350. The number of rotatable bonds is 5. The van der Waals surface area contributed by atoms with E-state index in [2.05, 4.69) is 16.8 Å². The number of likely N-dealkylation sites (N-methyl/N-ethyl adjacent to an activating group) is 1. The first-order valence-corrected chi connectivity index (χ1v) is 8.25. The average molecular weight is 336 g/mol. The second kappa shape index (κ2) is 7.91. The van der Waals surface area contributed by atoms with Crippen LogP contribution in [0, 0.1) is 25.2 Å². The predicted molar refractivity (Wildman–Crippen MR) is 99.7 cm³/mol. The van der Waals surface area contributed by atoms with Crippen molar-refractivity contribution in [2.45, 2.75) is 26.8 Å². The highest BCUT2D eigenvalue weighted by atomic mass is 16.2. The molecule has 0 spiro atoms. The van der Waals surface area contributed by atoms with Gasteiger partial charge in [0.15, 0.2) is 0 Å². The van der Waals surface area contributed by atoms with Crippen LogP contribution in [0.25, 0.3) is 0 Å². The Bertz CT molecular complexity index is 770. The van der Waals surface area contributed by atoms with Crippen molar-refractivity contribution in [1.82, 2.24) is 9.88 Å². The molecule has 5 nitrogen and oxygen atoms in total. The monoisotopic (exact) mass is 336 g/mol. The van der Waals surface area contributed by atoms with Crippen LogP contribution in [0.3, 0.4) is 0 Å². The van der Waals surface area contributed by atoms with E-state index in [0.29, 0.717) is 17.8 Å². The van der Waals surface area contributed by atoms with Gasteiger partial charge in [-0.2, -0.15) is 5.26 Å². The minimum absolute atomic E-state index is 0.157. The minimum atomic E-state index is -0.157. The zero-order chi connectivity index (χ0) is 18.6. The van der Waals surface area contributed by atoms with Crippen LogP contribution in [0.15, 0.2) is 36.5 Å². The number of nitrogens with zero attached hydrogens (tertiary/aromatic N) is 4. The third-order valence-electron chi connectivity index (χ3n) is 4.39. The number of anilines is 1. The Kier molecular flexibility index (Phi) is 5.89. The van der Waals surface area contributed by atoms with Gasteiger partial charge in [-0.25, -0.2) is 4.98 Å². The van der Waals surface area contributed by atoms with Crippen molar-refractivity contribution < 1.29 is 4.79 Å². The zero-order valence-electron chi connectivity index (χ0n) is 15.4. The standard InChI is InChI=1S/C20H24N4O/c1-14-7-6-8-15(2)19(14)24(13-16(3)23(4)5)20(25)18-10-9-17(11-21)12-22-18/h6-10,12,16H,13H2,1-5H3. The van der Waals surface area contributed by atoms with E-state index in [-0.39, 0.29) is 11.9 Å². The first kappa shape index (κ1) is 18.6. The average Bonchev–Trinajstić information content (AvgIpc) is 2.59. The third-order valence-corrected chi connectivity index (χ3v) is 4.39. The first-order valence-electron chi connectivity index (χ1n) is 8.25. The van der Waals surface area contributed by atoms with Crippen molar-refractivity contribution in [3.05, 3.63) is 58.9 Å². The molecule has 2 aromatic rings. The lowest BCUT2D eigenvalue weighted by molar-refractivity contribution is 0.0975. The number of hydrogen-bond donors (Lipinski definition) is 0. The van der Waals surface area contributed by atoms with Gasteiger partial charge in [-0.15, -0.1) is 0 Å². The van der Waals surface area contributed by atoms with Gasteiger partial charge in [0.2, 0.25) is 0 Å². The van der Waals surface area contributed by atoms with Gasteiger partial charge in [-0.1, -0.05) is 18.2 Å². The largest absolute Gasteiger partial charge is 0.305 e. The number of aromatic nitrogens is 1. The maximum absolute atomic E-state index is 13.2. The summed E-state index contributed by atoms with van der Waals surface area (Å²) in [6.07, 6.45) is 1.44. The van der Waals surface area contributed by atoms with E-state index in [1.54, 1.807) is 17.0 Å². The molecule has 1 aromatic heterocycles. The lowest BCUT2D eigenvalue weighted by Crippen LogP contribution is -2.43. The van der Waals surface area contributed by atoms with E-state index in [9.17, 15) is 4.79 Å². The molecule has 25 heavy (non-hydrogen) atoms. The lowest BCUT2D eigenvalue weighted by atomic mass is 10.1. The van der Waals surface area contributed by atoms with Gasteiger partial charge in [0, 0.05) is 24.5 Å². The number of nitriles is 1. The van der Waals surface area contributed by atoms with Crippen LogP contribution >= 0.6 is 0 Å². The van der Waals surface area contributed by atoms with Crippen LogP contribution in [0.5, 0.6) is 0 Å². The van der Waals surface area contributed by atoms with Crippen molar-refractivity contribution >= 4 is 11.6 Å². The smallest absolute Gasteiger partial charge is 0.276 e. The van der Waals surface area contributed by atoms with Gasteiger partial charge in [0.25, 0.3) is 5.91 Å². The molecule has 0 N–H and O–H groups in total. The molecule has 0 radical (unpaired) electrons. The Balaban J connectivity index is 2.46. The molecule has 1 aromatic carbocycles. The number of benzene rings is 1. The predicted octanol–water partition coefficient (Wildman–Crippen LogP) is 3.17. The molecule has 0 aliphatic heterocycles. The summed E-state index contributed by atoms with van der Waals surface area (Å²) in [5.74, 6) is -0.157.